The Labute approximate surface area is 138 Å². The monoisotopic (exact) mass is 338 g/mol. The van der Waals surface area contributed by atoms with Crippen LogP contribution in [-0.4, -0.2) is 47.1 Å². The summed E-state index contributed by atoms with van der Waals surface area (Å²) in [5, 5.41) is 11.0. The molecule has 8 heteroatoms. The summed E-state index contributed by atoms with van der Waals surface area (Å²) in [7, 11) is 0. The minimum absolute atomic E-state index is 0.0653. The largest absolute Gasteiger partial charge is 0.449 e. The average molecular weight is 338 g/mol. The van der Waals surface area contributed by atoms with Gasteiger partial charge in [-0.25, -0.2) is 4.79 Å². The lowest BCUT2D eigenvalue weighted by molar-refractivity contribution is -0.387. The van der Waals surface area contributed by atoms with Crippen LogP contribution < -0.4 is 0 Å². The second kappa shape index (κ2) is 7.45. The molecule has 1 aromatic carbocycles. The lowest BCUT2D eigenvalue weighted by atomic mass is 10.2. The Morgan fingerprint density at radius 3 is 2.57 bits per heavy atom. The van der Waals surface area contributed by atoms with Crippen molar-refractivity contribution in [3.63, 3.8) is 0 Å². The highest BCUT2D eigenvalue weighted by atomic mass is 32.2. The number of likely N-dealkylation sites (tertiary alicyclic amines) is 1. The van der Waals surface area contributed by atoms with Crippen molar-refractivity contribution in [1.29, 1.82) is 0 Å². The van der Waals surface area contributed by atoms with Gasteiger partial charge in [-0.1, -0.05) is 0 Å². The van der Waals surface area contributed by atoms with E-state index in [0.29, 0.717) is 18.0 Å². The van der Waals surface area contributed by atoms with Gasteiger partial charge in [0.15, 0.2) is 6.10 Å². The topological polar surface area (TPSA) is 89.8 Å². The molecule has 1 amide bonds. The van der Waals surface area contributed by atoms with Crippen LogP contribution in [0.3, 0.4) is 0 Å². The molecule has 0 aromatic heterocycles. The van der Waals surface area contributed by atoms with Crippen LogP contribution in [0.2, 0.25) is 0 Å². The first-order valence-electron chi connectivity index (χ1n) is 7.26. The van der Waals surface area contributed by atoms with Crippen LogP contribution in [0.25, 0.3) is 0 Å². The maximum Gasteiger partial charge on any atom is 0.339 e. The summed E-state index contributed by atoms with van der Waals surface area (Å²) in [6.45, 7) is 2.87. The zero-order chi connectivity index (χ0) is 17.0. The summed E-state index contributed by atoms with van der Waals surface area (Å²) in [4.78, 5) is 36.9. The van der Waals surface area contributed by atoms with E-state index in [-0.39, 0.29) is 17.2 Å². The number of amides is 1. The maximum atomic E-state index is 12.1. The van der Waals surface area contributed by atoms with Crippen molar-refractivity contribution in [2.75, 3.05) is 19.3 Å². The number of hydrogen-bond acceptors (Lipinski definition) is 6. The van der Waals surface area contributed by atoms with Gasteiger partial charge in [0.25, 0.3) is 11.6 Å². The molecular formula is C15H18N2O5S. The SMILES string of the molecule is CSc1ccc(C(=O)O[C@H](C)C(=O)N2CCCC2)cc1[N+](=O)[O-]. The van der Waals surface area contributed by atoms with Crippen LogP contribution >= 0.6 is 11.8 Å². The molecule has 0 bridgehead atoms. The minimum Gasteiger partial charge on any atom is -0.449 e. The zero-order valence-corrected chi connectivity index (χ0v) is 13.8. The molecule has 7 nitrogen and oxygen atoms in total. The third-order valence-corrected chi connectivity index (χ3v) is 4.45. The Bertz CT molecular complexity index is 628. The highest BCUT2D eigenvalue weighted by Crippen LogP contribution is 2.28. The first-order chi connectivity index (χ1) is 10.9. The van der Waals surface area contributed by atoms with Gasteiger partial charge >= 0.3 is 5.97 Å². The van der Waals surface area contributed by atoms with Crippen molar-refractivity contribution in [1.82, 2.24) is 4.90 Å². The zero-order valence-electron chi connectivity index (χ0n) is 13.0. The normalized spacial score (nSPS) is 15.3. The summed E-state index contributed by atoms with van der Waals surface area (Å²) >= 11 is 1.23. The average Bonchev–Trinajstić information content (AvgIpc) is 3.07. The second-order valence-electron chi connectivity index (χ2n) is 5.22. The second-order valence-corrected chi connectivity index (χ2v) is 6.07. The Balaban J connectivity index is 2.09. The van der Waals surface area contributed by atoms with Crippen molar-refractivity contribution in [3.8, 4) is 0 Å². The molecule has 1 aliphatic rings. The molecule has 0 saturated carbocycles. The van der Waals surface area contributed by atoms with Crippen LogP contribution in [-0.2, 0) is 9.53 Å². The number of nitrogens with zero attached hydrogens (tertiary/aromatic N) is 2. The van der Waals surface area contributed by atoms with Crippen LogP contribution in [0.15, 0.2) is 23.1 Å². The fourth-order valence-electron chi connectivity index (χ4n) is 2.43. The van der Waals surface area contributed by atoms with Gasteiger partial charge < -0.3 is 9.64 Å². The van der Waals surface area contributed by atoms with E-state index >= 15 is 0 Å². The smallest absolute Gasteiger partial charge is 0.339 e. The molecule has 0 aliphatic carbocycles. The molecule has 1 atom stereocenters. The molecule has 23 heavy (non-hydrogen) atoms. The Hall–Kier alpha value is -2.09. The number of carbonyl (C=O) groups is 2. The fraction of sp³-hybridized carbons (Fsp3) is 0.467. The number of carbonyl (C=O) groups excluding carboxylic acids is 2. The third kappa shape index (κ3) is 4.01. The molecule has 1 aliphatic heterocycles. The molecule has 124 valence electrons. The number of nitro groups is 1. The quantitative estimate of drug-likeness (QED) is 0.355. The van der Waals surface area contributed by atoms with E-state index in [9.17, 15) is 19.7 Å². The van der Waals surface area contributed by atoms with Crippen LogP contribution in [0, 0.1) is 10.1 Å². The first kappa shape index (κ1) is 17.3. The summed E-state index contributed by atoms with van der Waals surface area (Å²) in [5.74, 6) is -0.966. The van der Waals surface area contributed by atoms with E-state index in [1.54, 1.807) is 11.2 Å². The molecule has 0 spiro atoms. The Kier molecular flexibility index (Phi) is 5.59. The number of nitro benzene ring substituents is 1. The summed E-state index contributed by atoms with van der Waals surface area (Å²) in [6, 6.07) is 4.15. The van der Waals surface area contributed by atoms with Gasteiger partial charge in [0, 0.05) is 19.2 Å². The Morgan fingerprint density at radius 2 is 2.00 bits per heavy atom. The van der Waals surface area contributed by atoms with Crippen LogP contribution in [0.5, 0.6) is 0 Å². The first-order valence-corrected chi connectivity index (χ1v) is 8.48. The summed E-state index contributed by atoms with van der Waals surface area (Å²) in [5.41, 5.74) is -0.0824. The van der Waals surface area contributed by atoms with E-state index in [1.807, 2.05) is 0 Å². The number of ether oxygens (including phenoxy) is 1. The lowest BCUT2D eigenvalue weighted by Crippen LogP contribution is -2.38. The molecule has 2 rings (SSSR count). The van der Waals surface area contributed by atoms with Gasteiger partial charge in [-0.15, -0.1) is 11.8 Å². The molecule has 0 N–H and O–H groups in total. The van der Waals surface area contributed by atoms with Gasteiger partial charge in [0.1, 0.15) is 0 Å². The molecule has 1 aromatic rings. The minimum atomic E-state index is -0.903. The van der Waals surface area contributed by atoms with Gasteiger partial charge in [-0.05, 0) is 38.2 Å². The highest BCUT2D eigenvalue weighted by Gasteiger charge is 2.27. The maximum absolute atomic E-state index is 12.1. The summed E-state index contributed by atoms with van der Waals surface area (Å²) in [6.07, 6.45) is 2.72. The van der Waals surface area contributed by atoms with Crippen LogP contribution in [0.1, 0.15) is 30.1 Å². The van der Waals surface area contributed by atoms with E-state index in [2.05, 4.69) is 0 Å². The third-order valence-electron chi connectivity index (χ3n) is 3.66. The molecule has 1 heterocycles. The van der Waals surface area contributed by atoms with Crippen molar-refractivity contribution in [3.05, 3.63) is 33.9 Å². The van der Waals surface area contributed by atoms with Crippen LogP contribution in [0.4, 0.5) is 5.69 Å². The fourth-order valence-corrected chi connectivity index (χ4v) is 2.98. The van der Waals surface area contributed by atoms with Gasteiger partial charge in [-0.2, -0.15) is 0 Å². The summed E-state index contributed by atoms with van der Waals surface area (Å²) < 4.78 is 5.16. The number of esters is 1. The lowest BCUT2D eigenvalue weighted by Gasteiger charge is -2.20. The van der Waals surface area contributed by atoms with Crippen molar-refractivity contribution >= 4 is 29.3 Å². The molecule has 1 fully saturated rings. The van der Waals surface area contributed by atoms with Gasteiger partial charge in [-0.3, -0.25) is 14.9 Å². The molecule has 0 unspecified atom stereocenters. The van der Waals surface area contributed by atoms with E-state index in [4.69, 9.17) is 4.74 Å². The molecular weight excluding hydrogens is 320 g/mol. The number of thioether (sulfide) groups is 1. The predicted molar refractivity (Wildman–Crippen MR) is 85.6 cm³/mol. The van der Waals surface area contributed by atoms with Gasteiger partial charge in [0.05, 0.1) is 15.4 Å². The van der Waals surface area contributed by atoms with Crippen molar-refractivity contribution in [2.24, 2.45) is 0 Å². The van der Waals surface area contributed by atoms with Crippen molar-refractivity contribution < 1.29 is 19.2 Å². The standard InChI is InChI=1S/C15H18N2O5S/c1-10(14(18)16-7-3-4-8-16)22-15(19)11-5-6-13(23-2)12(9-11)17(20)21/h5-6,9-10H,3-4,7-8H2,1-2H3/t10-/m1/s1. The number of hydrogen-bond donors (Lipinski definition) is 0. The van der Waals surface area contributed by atoms with Gasteiger partial charge in [0.2, 0.25) is 0 Å². The van der Waals surface area contributed by atoms with Crippen molar-refractivity contribution in [2.45, 2.75) is 30.8 Å². The predicted octanol–water partition coefficient (Wildman–Crippen LogP) is 2.48. The Morgan fingerprint density at radius 1 is 1.35 bits per heavy atom. The number of benzene rings is 1. The van der Waals surface area contributed by atoms with E-state index in [0.717, 1.165) is 12.8 Å². The molecule has 0 radical (unpaired) electrons. The van der Waals surface area contributed by atoms with E-state index < -0.39 is 17.0 Å². The molecule has 1 saturated heterocycles. The highest BCUT2D eigenvalue weighted by molar-refractivity contribution is 7.98. The van der Waals surface area contributed by atoms with E-state index in [1.165, 1.54) is 36.9 Å². The number of rotatable bonds is 5.